The van der Waals surface area contributed by atoms with Crippen molar-refractivity contribution in [3.63, 3.8) is 0 Å². The van der Waals surface area contributed by atoms with Gasteiger partial charge >= 0.3 is 0 Å². The van der Waals surface area contributed by atoms with Gasteiger partial charge in [-0.15, -0.1) is 0 Å². The van der Waals surface area contributed by atoms with Crippen LogP contribution in [0.15, 0.2) is 16.8 Å². The molecule has 0 aliphatic heterocycles. The molecule has 1 nitrogen and oxygen atoms in total. The van der Waals surface area contributed by atoms with Gasteiger partial charge < -0.3 is 5.32 Å². The van der Waals surface area contributed by atoms with Crippen LogP contribution in [0, 0.1) is 0 Å². The normalized spacial score (nSPS) is 13.0. The molecule has 0 saturated carbocycles. The summed E-state index contributed by atoms with van der Waals surface area (Å²) in [4.78, 5) is 0. The van der Waals surface area contributed by atoms with Crippen molar-refractivity contribution < 1.29 is 0 Å². The van der Waals surface area contributed by atoms with E-state index in [0.29, 0.717) is 6.04 Å². The van der Waals surface area contributed by atoms with Gasteiger partial charge in [0, 0.05) is 6.04 Å². The highest BCUT2D eigenvalue weighted by molar-refractivity contribution is 7.07. The molecule has 1 unspecified atom stereocenters. The van der Waals surface area contributed by atoms with E-state index in [1.165, 1.54) is 37.7 Å². The van der Waals surface area contributed by atoms with Crippen LogP contribution in [0.1, 0.15) is 38.2 Å². The fraction of sp³-hybridized carbons (Fsp3) is 0.667. The maximum Gasteiger partial charge on any atom is 0.0105 e. The van der Waals surface area contributed by atoms with Gasteiger partial charge in [-0.2, -0.15) is 11.3 Å². The van der Waals surface area contributed by atoms with Crippen LogP contribution < -0.4 is 5.32 Å². The minimum Gasteiger partial charge on any atom is -0.317 e. The number of nitrogens with one attached hydrogen (secondary N) is 1. The predicted octanol–water partition coefficient (Wildman–Crippen LogP) is 3.46. The van der Waals surface area contributed by atoms with Crippen LogP contribution in [0.25, 0.3) is 0 Å². The van der Waals surface area contributed by atoms with E-state index in [4.69, 9.17) is 0 Å². The van der Waals surface area contributed by atoms with Gasteiger partial charge in [0.2, 0.25) is 0 Å². The Bertz CT molecular complexity index is 218. The summed E-state index contributed by atoms with van der Waals surface area (Å²) < 4.78 is 0. The molecule has 80 valence electrons. The summed E-state index contributed by atoms with van der Waals surface area (Å²) in [5, 5.41) is 7.82. The fourth-order valence-electron chi connectivity index (χ4n) is 1.68. The first-order valence-electron chi connectivity index (χ1n) is 5.55. The molecule has 0 saturated heterocycles. The fourth-order valence-corrected chi connectivity index (χ4v) is 2.36. The lowest BCUT2D eigenvalue weighted by molar-refractivity contribution is 0.490. The Morgan fingerprint density at radius 3 is 2.86 bits per heavy atom. The average Bonchev–Trinajstić information content (AvgIpc) is 2.69. The molecule has 1 aromatic heterocycles. The SMILES string of the molecule is CCCCCC(Cc1ccsc1)NC. The Balaban J connectivity index is 2.24. The Hall–Kier alpha value is -0.340. The standard InChI is InChI=1S/C12H21NS/c1-3-4-5-6-12(13-2)9-11-7-8-14-10-11/h7-8,10,12-13H,3-6,9H2,1-2H3. The summed E-state index contributed by atoms with van der Waals surface area (Å²) in [5.41, 5.74) is 1.48. The summed E-state index contributed by atoms with van der Waals surface area (Å²) in [5.74, 6) is 0. The number of thiophene rings is 1. The third-order valence-corrected chi connectivity index (χ3v) is 3.36. The van der Waals surface area contributed by atoms with E-state index < -0.39 is 0 Å². The van der Waals surface area contributed by atoms with Gasteiger partial charge in [-0.25, -0.2) is 0 Å². The quantitative estimate of drug-likeness (QED) is 0.681. The second-order valence-electron chi connectivity index (χ2n) is 3.82. The molecule has 0 spiro atoms. The Kier molecular flexibility index (Phi) is 5.88. The lowest BCUT2D eigenvalue weighted by atomic mass is 10.0. The first kappa shape index (κ1) is 11.7. The first-order chi connectivity index (χ1) is 6.86. The second kappa shape index (κ2) is 7.02. The molecule has 14 heavy (non-hydrogen) atoms. The van der Waals surface area contributed by atoms with Crippen molar-refractivity contribution in [3.8, 4) is 0 Å². The Labute approximate surface area is 91.5 Å². The summed E-state index contributed by atoms with van der Waals surface area (Å²) in [6.07, 6.45) is 6.52. The minimum absolute atomic E-state index is 0.663. The van der Waals surface area contributed by atoms with Gasteiger partial charge in [0.25, 0.3) is 0 Å². The van der Waals surface area contributed by atoms with Crippen molar-refractivity contribution in [2.75, 3.05) is 7.05 Å². The summed E-state index contributed by atoms with van der Waals surface area (Å²) in [6, 6.07) is 2.89. The van der Waals surface area contributed by atoms with E-state index in [0.717, 1.165) is 0 Å². The number of rotatable bonds is 7. The maximum atomic E-state index is 3.40. The molecule has 1 heterocycles. The van der Waals surface area contributed by atoms with Crippen LogP contribution >= 0.6 is 11.3 Å². The van der Waals surface area contributed by atoms with Gasteiger partial charge in [0.15, 0.2) is 0 Å². The summed E-state index contributed by atoms with van der Waals surface area (Å²) in [6.45, 7) is 2.26. The van der Waals surface area contributed by atoms with E-state index in [-0.39, 0.29) is 0 Å². The van der Waals surface area contributed by atoms with Gasteiger partial charge in [-0.1, -0.05) is 26.2 Å². The van der Waals surface area contributed by atoms with E-state index in [2.05, 4.69) is 36.1 Å². The van der Waals surface area contributed by atoms with E-state index in [1.54, 1.807) is 11.3 Å². The zero-order chi connectivity index (χ0) is 10.2. The molecular weight excluding hydrogens is 190 g/mol. The molecule has 1 N–H and O–H groups in total. The summed E-state index contributed by atoms with van der Waals surface area (Å²) in [7, 11) is 2.07. The van der Waals surface area contributed by atoms with Crippen molar-refractivity contribution in [1.82, 2.24) is 5.32 Å². The lowest BCUT2D eigenvalue weighted by Gasteiger charge is -2.14. The molecule has 0 radical (unpaired) electrons. The number of hydrogen-bond donors (Lipinski definition) is 1. The zero-order valence-corrected chi connectivity index (χ0v) is 10.1. The largest absolute Gasteiger partial charge is 0.317 e. The molecule has 1 aromatic rings. The lowest BCUT2D eigenvalue weighted by Crippen LogP contribution is -2.27. The van der Waals surface area contributed by atoms with Gasteiger partial charge in [0.05, 0.1) is 0 Å². The molecule has 0 aliphatic rings. The summed E-state index contributed by atoms with van der Waals surface area (Å²) >= 11 is 1.79. The molecule has 1 rings (SSSR count). The Morgan fingerprint density at radius 1 is 1.43 bits per heavy atom. The van der Waals surface area contributed by atoms with Gasteiger partial charge in [0.1, 0.15) is 0 Å². The number of unbranched alkanes of at least 4 members (excludes halogenated alkanes) is 2. The number of likely N-dealkylation sites (N-methyl/N-ethyl adjacent to an activating group) is 1. The predicted molar refractivity (Wildman–Crippen MR) is 65.0 cm³/mol. The molecule has 2 heteroatoms. The monoisotopic (exact) mass is 211 g/mol. The molecule has 0 fully saturated rings. The zero-order valence-electron chi connectivity index (χ0n) is 9.25. The van der Waals surface area contributed by atoms with Crippen LogP contribution in [0.5, 0.6) is 0 Å². The maximum absolute atomic E-state index is 3.40. The van der Waals surface area contributed by atoms with E-state index in [9.17, 15) is 0 Å². The van der Waals surface area contributed by atoms with Crippen LogP contribution in [-0.2, 0) is 6.42 Å². The second-order valence-corrected chi connectivity index (χ2v) is 4.60. The van der Waals surface area contributed by atoms with Crippen molar-refractivity contribution in [2.45, 2.75) is 45.1 Å². The number of hydrogen-bond acceptors (Lipinski definition) is 2. The van der Waals surface area contributed by atoms with Gasteiger partial charge in [-0.3, -0.25) is 0 Å². The van der Waals surface area contributed by atoms with Crippen molar-refractivity contribution in [2.24, 2.45) is 0 Å². The molecular formula is C12H21NS. The first-order valence-corrected chi connectivity index (χ1v) is 6.49. The highest BCUT2D eigenvalue weighted by Gasteiger charge is 2.06. The van der Waals surface area contributed by atoms with Crippen LogP contribution in [0.3, 0.4) is 0 Å². The van der Waals surface area contributed by atoms with Crippen LogP contribution in [0.4, 0.5) is 0 Å². The smallest absolute Gasteiger partial charge is 0.0105 e. The highest BCUT2D eigenvalue weighted by Crippen LogP contribution is 2.12. The van der Waals surface area contributed by atoms with Crippen molar-refractivity contribution in [1.29, 1.82) is 0 Å². The molecule has 0 bridgehead atoms. The van der Waals surface area contributed by atoms with Crippen molar-refractivity contribution in [3.05, 3.63) is 22.4 Å². The van der Waals surface area contributed by atoms with Crippen LogP contribution in [0.2, 0.25) is 0 Å². The van der Waals surface area contributed by atoms with Gasteiger partial charge in [-0.05, 0) is 42.3 Å². The molecule has 0 aliphatic carbocycles. The Morgan fingerprint density at radius 2 is 2.29 bits per heavy atom. The highest BCUT2D eigenvalue weighted by atomic mass is 32.1. The molecule has 1 atom stereocenters. The van der Waals surface area contributed by atoms with E-state index >= 15 is 0 Å². The van der Waals surface area contributed by atoms with Crippen molar-refractivity contribution >= 4 is 11.3 Å². The average molecular weight is 211 g/mol. The van der Waals surface area contributed by atoms with Crippen LogP contribution in [-0.4, -0.2) is 13.1 Å². The molecule has 0 amide bonds. The third kappa shape index (κ3) is 4.25. The molecule has 0 aromatic carbocycles. The minimum atomic E-state index is 0.663. The third-order valence-electron chi connectivity index (χ3n) is 2.63. The topological polar surface area (TPSA) is 12.0 Å². The van der Waals surface area contributed by atoms with E-state index in [1.807, 2.05) is 0 Å².